The van der Waals surface area contributed by atoms with Crippen molar-refractivity contribution in [1.29, 1.82) is 0 Å². The van der Waals surface area contributed by atoms with E-state index in [1.54, 1.807) is 0 Å². The molecule has 1 aliphatic heterocycles. The number of aliphatic carboxylic acids is 1. The van der Waals surface area contributed by atoms with Crippen molar-refractivity contribution < 1.29 is 15.0 Å². The first kappa shape index (κ1) is 7.50. The smallest absolute Gasteiger partial charge is 0.303 e. The number of carboxylic acid groups (broad SMARTS) is 1. The Bertz CT molecular complexity index is 137. The molecule has 0 spiro atoms. The second-order valence-corrected chi connectivity index (χ2v) is 2.58. The Balaban J connectivity index is 2.33. The van der Waals surface area contributed by atoms with Gasteiger partial charge < -0.3 is 15.5 Å². The van der Waals surface area contributed by atoms with Crippen molar-refractivity contribution in [2.45, 2.75) is 12.5 Å². The lowest BCUT2D eigenvalue weighted by Gasteiger charge is -2.08. The van der Waals surface area contributed by atoms with Crippen LogP contribution in [0.3, 0.4) is 0 Å². The van der Waals surface area contributed by atoms with E-state index < -0.39 is 12.1 Å². The Labute approximate surface area is 58.9 Å². The Morgan fingerprint density at radius 3 is 2.70 bits per heavy atom. The molecule has 0 saturated carbocycles. The SMILES string of the molecule is O=C(O)CC1CNCC1O. The van der Waals surface area contributed by atoms with Crippen LogP contribution in [0.25, 0.3) is 0 Å². The van der Waals surface area contributed by atoms with E-state index in [1.165, 1.54) is 0 Å². The fourth-order valence-electron chi connectivity index (χ4n) is 1.15. The molecule has 1 heterocycles. The van der Waals surface area contributed by atoms with E-state index in [4.69, 9.17) is 10.2 Å². The Morgan fingerprint density at radius 2 is 2.30 bits per heavy atom. The molecule has 10 heavy (non-hydrogen) atoms. The zero-order chi connectivity index (χ0) is 7.56. The maximum atomic E-state index is 10.2. The van der Waals surface area contributed by atoms with Crippen LogP contribution in [0.1, 0.15) is 6.42 Å². The van der Waals surface area contributed by atoms with Crippen LogP contribution in [0, 0.1) is 5.92 Å². The number of nitrogens with one attached hydrogen (secondary N) is 1. The molecule has 2 atom stereocenters. The van der Waals surface area contributed by atoms with E-state index in [0.717, 1.165) is 0 Å². The lowest BCUT2D eigenvalue weighted by Crippen LogP contribution is -2.20. The third-order valence-electron chi connectivity index (χ3n) is 1.74. The van der Waals surface area contributed by atoms with Crippen molar-refractivity contribution in [2.75, 3.05) is 13.1 Å². The minimum absolute atomic E-state index is 0.0637. The highest BCUT2D eigenvalue weighted by Gasteiger charge is 2.26. The second kappa shape index (κ2) is 2.98. The van der Waals surface area contributed by atoms with Gasteiger partial charge in [0.15, 0.2) is 0 Å². The maximum Gasteiger partial charge on any atom is 0.303 e. The molecule has 0 bridgehead atoms. The lowest BCUT2D eigenvalue weighted by atomic mass is 10.0. The van der Waals surface area contributed by atoms with Gasteiger partial charge in [-0.2, -0.15) is 0 Å². The first-order chi connectivity index (χ1) is 4.70. The summed E-state index contributed by atoms with van der Waals surface area (Å²) in [7, 11) is 0. The molecular weight excluding hydrogens is 134 g/mol. The van der Waals surface area contributed by atoms with Crippen LogP contribution < -0.4 is 5.32 Å². The summed E-state index contributed by atoms with van der Waals surface area (Å²) in [4.78, 5) is 10.2. The molecular formula is C6H11NO3. The molecule has 0 amide bonds. The van der Waals surface area contributed by atoms with Gasteiger partial charge in [-0.1, -0.05) is 0 Å². The summed E-state index contributed by atoms with van der Waals surface area (Å²) < 4.78 is 0. The average Bonchev–Trinajstić information content (AvgIpc) is 2.15. The number of carboxylic acids is 1. The van der Waals surface area contributed by atoms with E-state index in [1.807, 2.05) is 0 Å². The average molecular weight is 145 g/mol. The monoisotopic (exact) mass is 145 g/mol. The number of β-amino-alcohol motifs (C(OH)–C–C–N with tert-alkyl or cyclic N) is 1. The van der Waals surface area contributed by atoms with E-state index in [2.05, 4.69) is 5.32 Å². The molecule has 2 unspecified atom stereocenters. The van der Waals surface area contributed by atoms with E-state index >= 15 is 0 Å². The first-order valence-corrected chi connectivity index (χ1v) is 3.30. The minimum Gasteiger partial charge on any atom is -0.481 e. The lowest BCUT2D eigenvalue weighted by molar-refractivity contribution is -0.138. The highest BCUT2D eigenvalue weighted by molar-refractivity contribution is 5.67. The molecule has 1 saturated heterocycles. The minimum atomic E-state index is -0.840. The summed E-state index contributed by atoms with van der Waals surface area (Å²) in [5.41, 5.74) is 0. The Morgan fingerprint density at radius 1 is 1.60 bits per heavy atom. The first-order valence-electron chi connectivity index (χ1n) is 3.30. The third kappa shape index (κ3) is 1.68. The van der Waals surface area contributed by atoms with Crippen LogP contribution in [-0.2, 0) is 4.79 Å². The quantitative estimate of drug-likeness (QED) is 0.468. The summed E-state index contributed by atoms with van der Waals surface area (Å²) in [5.74, 6) is -0.940. The fraction of sp³-hybridized carbons (Fsp3) is 0.833. The molecule has 0 aromatic carbocycles. The van der Waals surface area contributed by atoms with Gasteiger partial charge in [-0.15, -0.1) is 0 Å². The third-order valence-corrected chi connectivity index (χ3v) is 1.74. The number of aliphatic hydroxyl groups is 1. The zero-order valence-corrected chi connectivity index (χ0v) is 5.58. The summed E-state index contributed by atoms with van der Waals surface area (Å²) in [6.07, 6.45) is -0.412. The molecule has 0 aromatic heterocycles. The number of aliphatic hydroxyl groups excluding tert-OH is 1. The van der Waals surface area contributed by atoms with Crippen LogP contribution in [0.15, 0.2) is 0 Å². The van der Waals surface area contributed by atoms with Crippen LogP contribution >= 0.6 is 0 Å². The van der Waals surface area contributed by atoms with Crippen LogP contribution in [0.4, 0.5) is 0 Å². The van der Waals surface area contributed by atoms with Crippen LogP contribution in [0.2, 0.25) is 0 Å². The topological polar surface area (TPSA) is 69.6 Å². The van der Waals surface area contributed by atoms with Crippen LogP contribution in [0.5, 0.6) is 0 Å². The van der Waals surface area contributed by atoms with E-state index in [0.29, 0.717) is 13.1 Å². The molecule has 0 aromatic rings. The molecule has 4 heteroatoms. The molecule has 4 nitrogen and oxygen atoms in total. The normalized spacial score (nSPS) is 32.5. The summed E-state index contributed by atoms with van der Waals surface area (Å²) in [5, 5.41) is 20.4. The summed E-state index contributed by atoms with van der Waals surface area (Å²) >= 11 is 0. The highest BCUT2D eigenvalue weighted by Crippen LogP contribution is 2.12. The zero-order valence-electron chi connectivity index (χ0n) is 5.58. The van der Waals surface area contributed by atoms with Gasteiger partial charge in [0.25, 0.3) is 0 Å². The van der Waals surface area contributed by atoms with Gasteiger partial charge in [-0.3, -0.25) is 4.79 Å². The fourth-order valence-corrected chi connectivity index (χ4v) is 1.15. The molecule has 1 rings (SSSR count). The van der Waals surface area contributed by atoms with Gasteiger partial charge in [0.2, 0.25) is 0 Å². The number of hydrogen-bond acceptors (Lipinski definition) is 3. The molecule has 3 N–H and O–H groups in total. The molecule has 0 aliphatic carbocycles. The molecule has 0 radical (unpaired) electrons. The number of hydrogen-bond donors (Lipinski definition) is 3. The van der Waals surface area contributed by atoms with Crippen molar-refractivity contribution >= 4 is 5.97 Å². The van der Waals surface area contributed by atoms with Gasteiger partial charge in [0.1, 0.15) is 0 Å². The summed E-state index contributed by atoms with van der Waals surface area (Å²) in [6, 6.07) is 0. The van der Waals surface area contributed by atoms with E-state index in [9.17, 15) is 4.79 Å². The molecule has 1 fully saturated rings. The van der Waals surface area contributed by atoms with Crippen molar-refractivity contribution in [3.05, 3.63) is 0 Å². The van der Waals surface area contributed by atoms with Crippen molar-refractivity contribution in [1.82, 2.24) is 5.32 Å². The van der Waals surface area contributed by atoms with Crippen LogP contribution in [-0.4, -0.2) is 35.4 Å². The Hall–Kier alpha value is -0.610. The van der Waals surface area contributed by atoms with Gasteiger partial charge in [-0.25, -0.2) is 0 Å². The predicted molar refractivity (Wildman–Crippen MR) is 34.6 cm³/mol. The van der Waals surface area contributed by atoms with E-state index in [-0.39, 0.29) is 12.3 Å². The van der Waals surface area contributed by atoms with Gasteiger partial charge in [-0.05, 0) is 0 Å². The van der Waals surface area contributed by atoms with Crippen molar-refractivity contribution in [3.63, 3.8) is 0 Å². The summed E-state index contributed by atoms with van der Waals surface area (Å²) in [6.45, 7) is 1.14. The standard InChI is InChI=1S/C6H11NO3/c8-5-3-7-2-4(5)1-6(9)10/h4-5,7-8H,1-3H2,(H,9,10). The highest BCUT2D eigenvalue weighted by atomic mass is 16.4. The van der Waals surface area contributed by atoms with Crippen molar-refractivity contribution in [3.8, 4) is 0 Å². The number of rotatable bonds is 2. The van der Waals surface area contributed by atoms with Crippen molar-refractivity contribution in [2.24, 2.45) is 5.92 Å². The Kier molecular flexibility index (Phi) is 2.24. The predicted octanol–water partition coefficient (Wildman–Crippen LogP) is -0.959. The maximum absolute atomic E-state index is 10.2. The van der Waals surface area contributed by atoms with Gasteiger partial charge in [0.05, 0.1) is 12.5 Å². The molecule has 58 valence electrons. The largest absolute Gasteiger partial charge is 0.481 e. The second-order valence-electron chi connectivity index (χ2n) is 2.58. The van der Waals surface area contributed by atoms with Gasteiger partial charge in [0, 0.05) is 19.0 Å². The molecule has 1 aliphatic rings. The number of carbonyl (C=O) groups is 1. The van der Waals surface area contributed by atoms with Gasteiger partial charge >= 0.3 is 5.97 Å².